The van der Waals surface area contributed by atoms with Crippen LogP contribution in [0.2, 0.25) is 0 Å². The van der Waals surface area contributed by atoms with Crippen molar-refractivity contribution in [2.45, 2.75) is 84.3 Å². The minimum absolute atomic E-state index is 0.00348. The number of hydrogen-bond acceptors (Lipinski definition) is 6. The molecule has 0 saturated carbocycles. The minimum Gasteiger partial charge on any atom is -0.461 e. The Morgan fingerprint density at radius 2 is 1.90 bits per heavy atom. The average Bonchev–Trinajstić information content (AvgIpc) is 2.74. The molecule has 2 rings (SSSR count). The Bertz CT molecular complexity index is 687. The highest BCUT2D eigenvalue weighted by atomic mass is 16.6. The van der Waals surface area contributed by atoms with Gasteiger partial charge in [0.15, 0.2) is 6.04 Å². The van der Waals surface area contributed by atoms with Crippen LogP contribution in [-0.4, -0.2) is 49.1 Å². The van der Waals surface area contributed by atoms with Crippen LogP contribution in [0.5, 0.6) is 0 Å². The quantitative estimate of drug-likeness (QED) is 0.645. The van der Waals surface area contributed by atoms with Gasteiger partial charge in [0.25, 0.3) is 0 Å². The Labute approximate surface area is 185 Å². The van der Waals surface area contributed by atoms with Crippen molar-refractivity contribution in [1.82, 2.24) is 5.32 Å². The summed E-state index contributed by atoms with van der Waals surface area (Å²) in [6, 6.07) is 9.02. The summed E-state index contributed by atoms with van der Waals surface area (Å²) in [6.07, 6.45) is 1.62. The lowest BCUT2D eigenvalue weighted by Gasteiger charge is -2.30. The third-order valence-electron chi connectivity index (χ3n) is 5.12. The molecule has 0 aromatic heterocycles. The molecule has 1 aromatic rings. The fourth-order valence-electron chi connectivity index (χ4n) is 3.51. The fourth-order valence-corrected chi connectivity index (χ4v) is 3.51. The molecule has 0 spiro atoms. The van der Waals surface area contributed by atoms with E-state index >= 15 is 0 Å². The van der Waals surface area contributed by atoms with Crippen molar-refractivity contribution in [2.75, 3.05) is 13.2 Å². The number of benzene rings is 1. The lowest BCUT2D eigenvalue weighted by Crippen LogP contribution is -2.47. The van der Waals surface area contributed by atoms with Gasteiger partial charge in [-0.2, -0.15) is 0 Å². The van der Waals surface area contributed by atoms with Gasteiger partial charge in [-0.05, 0) is 39.7 Å². The van der Waals surface area contributed by atoms with Crippen molar-refractivity contribution in [3.05, 3.63) is 35.9 Å². The molecular formula is C24H37NO6. The van der Waals surface area contributed by atoms with Gasteiger partial charge >= 0.3 is 12.1 Å². The van der Waals surface area contributed by atoms with E-state index in [0.717, 1.165) is 24.8 Å². The first-order chi connectivity index (χ1) is 14.7. The van der Waals surface area contributed by atoms with Gasteiger partial charge in [-0.15, -0.1) is 0 Å². The molecule has 7 nitrogen and oxygen atoms in total. The number of rotatable bonds is 7. The zero-order valence-corrected chi connectivity index (χ0v) is 19.4. The average molecular weight is 436 g/mol. The molecule has 1 heterocycles. The monoisotopic (exact) mass is 435 g/mol. The molecule has 0 unspecified atom stereocenters. The SMILES string of the molecule is CCCC[C@H]1[C@H](C)OC(=O)[C@@H](NC(=O)OC(C)(C)C)COC[C@@H]1OCc1ccccc1. The smallest absolute Gasteiger partial charge is 0.408 e. The lowest BCUT2D eigenvalue weighted by atomic mass is 9.91. The van der Waals surface area contributed by atoms with Crippen molar-refractivity contribution in [3.63, 3.8) is 0 Å². The van der Waals surface area contributed by atoms with E-state index in [0.29, 0.717) is 13.2 Å². The first kappa shape index (κ1) is 25.1. The van der Waals surface area contributed by atoms with Gasteiger partial charge in [0.1, 0.15) is 11.7 Å². The summed E-state index contributed by atoms with van der Waals surface area (Å²) in [5.74, 6) is -0.531. The van der Waals surface area contributed by atoms with Crippen molar-refractivity contribution in [2.24, 2.45) is 5.92 Å². The van der Waals surface area contributed by atoms with Crippen molar-refractivity contribution >= 4 is 12.1 Å². The molecule has 0 bridgehead atoms. The van der Waals surface area contributed by atoms with E-state index in [1.54, 1.807) is 20.8 Å². The Balaban J connectivity index is 2.08. The van der Waals surface area contributed by atoms with Gasteiger partial charge in [0, 0.05) is 5.92 Å². The van der Waals surface area contributed by atoms with Crippen LogP contribution < -0.4 is 5.32 Å². The molecule has 1 amide bonds. The summed E-state index contributed by atoms with van der Waals surface area (Å²) >= 11 is 0. The van der Waals surface area contributed by atoms with Crippen LogP contribution in [0.25, 0.3) is 0 Å². The number of carbonyl (C=O) groups excluding carboxylic acids is 2. The molecule has 1 aliphatic heterocycles. The zero-order valence-electron chi connectivity index (χ0n) is 19.4. The number of esters is 1. The third kappa shape index (κ3) is 8.87. The standard InChI is InChI=1S/C24H37NO6/c1-6-7-13-19-17(2)30-22(26)20(25-23(27)31-24(3,4)5)15-28-16-21(19)29-14-18-11-9-8-10-12-18/h8-12,17,19-21H,6-7,13-16H2,1-5H3,(H,25,27)/t17-,19-,20-,21-/m0/s1. The van der Waals surface area contributed by atoms with Crippen molar-refractivity contribution in [1.29, 1.82) is 0 Å². The summed E-state index contributed by atoms with van der Waals surface area (Å²) in [5.41, 5.74) is 0.410. The van der Waals surface area contributed by atoms with Crippen LogP contribution in [-0.2, 0) is 30.3 Å². The maximum Gasteiger partial charge on any atom is 0.408 e. The largest absolute Gasteiger partial charge is 0.461 e. The predicted octanol–water partition coefficient (Wildman–Crippen LogP) is 4.23. The highest BCUT2D eigenvalue weighted by Gasteiger charge is 2.35. The molecule has 1 N–H and O–H groups in total. The third-order valence-corrected chi connectivity index (χ3v) is 5.12. The summed E-state index contributed by atoms with van der Waals surface area (Å²) in [7, 11) is 0. The van der Waals surface area contributed by atoms with E-state index < -0.39 is 23.7 Å². The van der Waals surface area contributed by atoms with Crippen LogP contribution >= 0.6 is 0 Å². The molecule has 31 heavy (non-hydrogen) atoms. The second-order valence-electron chi connectivity index (χ2n) is 9.02. The molecule has 4 atom stereocenters. The van der Waals surface area contributed by atoms with Crippen LogP contribution in [0.1, 0.15) is 59.4 Å². The Morgan fingerprint density at radius 3 is 2.55 bits per heavy atom. The molecule has 1 aromatic carbocycles. The highest BCUT2D eigenvalue weighted by molar-refractivity contribution is 5.81. The number of amides is 1. The number of carbonyl (C=O) groups is 2. The summed E-state index contributed by atoms with van der Waals surface area (Å²) in [4.78, 5) is 24.9. The molecule has 174 valence electrons. The van der Waals surface area contributed by atoms with Gasteiger partial charge in [0.2, 0.25) is 0 Å². The Hall–Kier alpha value is -2.12. The molecule has 1 saturated heterocycles. The number of nitrogens with one attached hydrogen (secondary N) is 1. The number of alkyl carbamates (subject to hydrolysis) is 1. The normalized spacial score (nSPS) is 25.0. The summed E-state index contributed by atoms with van der Waals surface area (Å²) in [6.45, 7) is 10.1. The second kappa shape index (κ2) is 12.1. The second-order valence-corrected chi connectivity index (χ2v) is 9.02. The highest BCUT2D eigenvalue weighted by Crippen LogP contribution is 2.25. The number of ether oxygens (including phenoxy) is 4. The topological polar surface area (TPSA) is 83.1 Å². The number of unbranched alkanes of at least 4 members (excludes halogenated alkanes) is 1. The molecular weight excluding hydrogens is 398 g/mol. The first-order valence-electron chi connectivity index (χ1n) is 11.1. The van der Waals surface area contributed by atoms with Gasteiger partial charge in [-0.25, -0.2) is 9.59 Å². The fraction of sp³-hybridized carbons (Fsp3) is 0.667. The van der Waals surface area contributed by atoms with Gasteiger partial charge in [-0.1, -0.05) is 50.1 Å². The number of cyclic esters (lactones) is 1. The minimum atomic E-state index is -0.933. The van der Waals surface area contributed by atoms with E-state index in [4.69, 9.17) is 18.9 Å². The van der Waals surface area contributed by atoms with Crippen molar-refractivity contribution < 1.29 is 28.5 Å². The van der Waals surface area contributed by atoms with Crippen molar-refractivity contribution in [3.8, 4) is 0 Å². The first-order valence-corrected chi connectivity index (χ1v) is 11.1. The molecule has 0 radical (unpaired) electrons. The van der Waals surface area contributed by atoms with Gasteiger partial charge in [-0.3, -0.25) is 0 Å². The molecule has 7 heteroatoms. The van der Waals surface area contributed by atoms with E-state index in [-0.39, 0.29) is 24.7 Å². The summed E-state index contributed by atoms with van der Waals surface area (Å²) < 4.78 is 23.1. The maximum absolute atomic E-state index is 12.7. The Kier molecular flexibility index (Phi) is 9.78. The lowest BCUT2D eigenvalue weighted by molar-refractivity contribution is -0.156. The van der Waals surface area contributed by atoms with Crippen LogP contribution in [0, 0.1) is 5.92 Å². The number of hydrogen-bond donors (Lipinski definition) is 1. The van der Waals surface area contributed by atoms with Gasteiger partial charge < -0.3 is 24.3 Å². The van der Waals surface area contributed by atoms with E-state index in [1.165, 1.54) is 0 Å². The predicted molar refractivity (Wildman–Crippen MR) is 118 cm³/mol. The summed E-state index contributed by atoms with van der Waals surface area (Å²) in [5, 5.41) is 2.57. The van der Waals surface area contributed by atoms with Gasteiger partial charge in [0.05, 0.1) is 25.9 Å². The Morgan fingerprint density at radius 1 is 1.19 bits per heavy atom. The van der Waals surface area contributed by atoms with E-state index in [2.05, 4.69) is 12.2 Å². The maximum atomic E-state index is 12.7. The van der Waals surface area contributed by atoms with E-state index in [1.807, 2.05) is 37.3 Å². The van der Waals surface area contributed by atoms with Crippen LogP contribution in [0.15, 0.2) is 30.3 Å². The van der Waals surface area contributed by atoms with E-state index in [9.17, 15) is 9.59 Å². The molecule has 1 fully saturated rings. The van der Waals surface area contributed by atoms with Crippen LogP contribution in [0.3, 0.4) is 0 Å². The zero-order chi connectivity index (χ0) is 22.9. The van der Waals surface area contributed by atoms with Crippen LogP contribution in [0.4, 0.5) is 4.79 Å². The molecule has 1 aliphatic rings. The molecule has 0 aliphatic carbocycles.